The minimum Gasteiger partial charge on any atom is -0.496 e. The van der Waals surface area contributed by atoms with Crippen molar-refractivity contribution in [2.24, 2.45) is 0 Å². The average molecular weight is 275 g/mol. The van der Waals surface area contributed by atoms with Crippen LogP contribution in [0.25, 0.3) is 0 Å². The fraction of sp³-hybridized carbons (Fsp3) is 0.375. The van der Waals surface area contributed by atoms with Crippen molar-refractivity contribution < 1.29 is 14.3 Å². The van der Waals surface area contributed by atoms with E-state index >= 15 is 0 Å². The Bertz CT molecular complexity index is 575. The molecule has 1 atom stereocenters. The van der Waals surface area contributed by atoms with E-state index in [-0.39, 0.29) is 0 Å². The Morgan fingerprint density at radius 1 is 1.30 bits per heavy atom. The molecular formula is C16H21NO3. The Morgan fingerprint density at radius 2 is 2.05 bits per heavy atom. The highest BCUT2D eigenvalue weighted by molar-refractivity contribution is 5.60. The van der Waals surface area contributed by atoms with Gasteiger partial charge in [-0.3, -0.25) is 0 Å². The maximum absolute atomic E-state index is 10.0. The van der Waals surface area contributed by atoms with Gasteiger partial charge in [0.2, 0.25) is 0 Å². The fourth-order valence-electron chi connectivity index (χ4n) is 2.35. The summed E-state index contributed by atoms with van der Waals surface area (Å²) in [7, 11) is 3.58. The van der Waals surface area contributed by atoms with Crippen LogP contribution < -0.4 is 9.64 Å². The van der Waals surface area contributed by atoms with Crippen LogP contribution in [0.15, 0.2) is 34.7 Å². The number of rotatable bonds is 5. The summed E-state index contributed by atoms with van der Waals surface area (Å²) in [4.78, 5) is 2.04. The minimum absolute atomic E-state index is 0.595. The van der Waals surface area contributed by atoms with Gasteiger partial charge in [-0.2, -0.15) is 0 Å². The predicted octanol–water partition coefficient (Wildman–Crippen LogP) is 3.29. The van der Waals surface area contributed by atoms with Gasteiger partial charge >= 0.3 is 0 Å². The molecule has 0 saturated carbocycles. The molecule has 4 heteroatoms. The van der Waals surface area contributed by atoms with Crippen LogP contribution in [0.4, 0.5) is 5.69 Å². The van der Waals surface area contributed by atoms with Crippen molar-refractivity contribution in [2.45, 2.75) is 26.5 Å². The summed E-state index contributed by atoms with van der Waals surface area (Å²) < 4.78 is 10.9. The van der Waals surface area contributed by atoms with Crippen LogP contribution >= 0.6 is 0 Å². The van der Waals surface area contributed by atoms with Gasteiger partial charge in [-0.1, -0.05) is 6.07 Å². The molecule has 2 rings (SSSR count). The second kappa shape index (κ2) is 6.01. The van der Waals surface area contributed by atoms with Gasteiger partial charge in [0.25, 0.3) is 0 Å². The molecule has 0 saturated heterocycles. The van der Waals surface area contributed by atoms with Gasteiger partial charge in [-0.15, -0.1) is 0 Å². The molecular weight excluding hydrogens is 254 g/mol. The third-order valence-corrected chi connectivity index (χ3v) is 3.28. The average Bonchev–Trinajstić information content (AvgIpc) is 2.82. The fourth-order valence-corrected chi connectivity index (χ4v) is 2.35. The molecule has 4 nitrogen and oxygen atoms in total. The van der Waals surface area contributed by atoms with Crippen molar-refractivity contribution in [2.75, 3.05) is 19.1 Å². The first-order valence-corrected chi connectivity index (χ1v) is 6.64. The van der Waals surface area contributed by atoms with Crippen LogP contribution in [0.1, 0.15) is 30.1 Å². The van der Waals surface area contributed by atoms with Gasteiger partial charge in [0, 0.05) is 18.3 Å². The summed E-state index contributed by atoms with van der Waals surface area (Å²) in [5.41, 5.74) is 1.73. The van der Waals surface area contributed by atoms with Gasteiger partial charge in [-0.05, 0) is 38.1 Å². The van der Waals surface area contributed by atoms with Crippen LogP contribution in [0.5, 0.6) is 5.75 Å². The third kappa shape index (κ3) is 2.96. The van der Waals surface area contributed by atoms with Crippen LogP contribution in [0.3, 0.4) is 0 Å². The summed E-state index contributed by atoms with van der Waals surface area (Å²) in [5.74, 6) is 2.49. The molecule has 1 N–H and O–H groups in total. The number of aryl methyl sites for hydroxylation is 1. The van der Waals surface area contributed by atoms with E-state index in [4.69, 9.17) is 9.15 Å². The Labute approximate surface area is 119 Å². The highest BCUT2D eigenvalue weighted by Crippen LogP contribution is 2.34. The van der Waals surface area contributed by atoms with Crippen molar-refractivity contribution >= 4 is 5.69 Å². The molecule has 0 spiro atoms. The van der Waals surface area contributed by atoms with E-state index in [2.05, 4.69) is 0 Å². The SMILES string of the molecule is COc1cccc(N(C)Cc2ccc(C)o2)c1C(C)O. The molecule has 2 aromatic rings. The molecule has 0 aliphatic rings. The first-order chi connectivity index (χ1) is 9.52. The van der Waals surface area contributed by atoms with Crippen molar-refractivity contribution in [1.29, 1.82) is 0 Å². The summed E-state index contributed by atoms with van der Waals surface area (Å²) in [6, 6.07) is 9.67. The highest BCUT2D eigenvalue weighted by atomic mass is 16.5. The molecule has 0 aliphatic carbocycles. The Kier molecular flexibility index (Phi) is 4.35. The second-order valence-electron chi connectivity index (χ2n) is 4.94. The van der Waals surface area contributed by atoms with Gasteiger partial charge in [0.1, 0.15) is 17.3 Å². The number of furan rings is 1. The van der Waals surface area contributed by atoms with Gasteiger partial charge in [0.05, 0.1) is 19.8 Å². The van der Waals surface area contributed by atoms with E-state index in [0.29, 0.717) is 12.3 Å². The Balaban J connectivity index is 2.31. The Hall–Kier alpha value is -1.94. The number of ether oxygens (including phenoxy) is 1. The van der Waals surface area contributed by atoms with Crippen LogP contribution in [-0.4, -0.2) is 19.3 Å². The predicted molar refractivity (Wildman–Crippen MR) is 79.2 cm³/mol. The Morgan fingerprint density at radius 3 is 2.60 bits per heavy atom. The number of benzene rings is 1. The molecule has 1 aromatic heterocycles. The van der Waals surface area contributed by atoms with Crippen LogP contribution in [0, 0.1) is 6.92 Å². The zero-order chi connectivity index (χ0) is 14.7. The quantitative estimate of drug-likeness (QED) is 0.909. The van der Waals surface area contributed by atoms with E-state index in [1.807, 2.05) is 49.2 Å². The summed E-state index contributed by atoms with van der Waals surface area (Å²) in [6.07, 6.45) is -0.595. The normalized spacial score (nSPS) is 12.2. The lowest BCUT2D eigenvalue weighted by molar-refractivity contribution is 0.194. The van der Waals surface area contributed by atoms with Crippen molar-refractivity contribution in [3.63, 3.8) is 0 Å². The molecule has 20 heavy (non-hydrogen) atoms. The van der Waals surface area contributed by atoms with E-state index in [0.717, 1.165) is 22.8 Å². The van der Waals surface area contributed by atoms with E-state index in [9.17, 15) is 5.11 Å². The van der Waals surface area contributed by atoms with Gasteiger partial charge in [0.15, 0.2) is 0 Å². The topological polar surface area (TPSA) is 45.8 Å². The molecule has 1 unspecified atom stereocenters. The lowest BCUT2D eigenvalue weighted by atomic mass is 10.1. The van der Waals surface area contributed by atoms with E-state index < -0.39 is 6.10 Å². The number of hydrogen-bond donors (Lipinski definition) is 1. The van der Waals surface area contributed by atoms with Crippen molar-refractivity contribution in [3.8, 4) is 5.75 Å². The number of anilines is 1. The highest BCUT2D eigenvalue weighted by Gasteiger charge is 2.17. The van der Waals surface area contributed by atoms with Crippen molar-refractivity contribution in [3.05, 3.63) is 47.4 Å². The number of aliphatic hydroxyl groups excluding tert-OH is 1. The number of methoxy groups -OCH3 is 1. The number of hydrogen-bond acceptors (Lipinski definition) is 4. The van der Waals surface area contributed by atoms with Crippen LogP contribution in [0.2, 0.25) is 0 Å². The third-order valence-electron chi connectivity index (χ3n) is 3.28. The van der Waals surface area contributed by atoms with Gasteiger partial charge < -0.3 is 19.2 Å². The molecule has 1 heterocycles. The second-order valence-corrected chi connectivity index (χ2v) is 4.94. The molecule has 0 fully saturated rings. The molecule has 0 radical (unpaired) electrons. The first-order valence-electron chi connectivity index (χ1n) is 6.64. The zero-order valence-electron chi connectivity index (χ0n) is 12.4. The first kappa shape index (κ1) is 14.5. The van der Waals surface area contributed by atoms with E-state index in [1.165, 1.54) is 0 Å². The summed E-state index contributed by atoms with van der Waals surface area (Å²) in [5, 5.41) is 10.0. The standard InChI is InChI=1S/C16H21NO3/c1-11-8-9-13(20-11)10-17(3)14-6-5-7-15(19-4)16(14)12(2)18/h5-9,12,18H,10H2,1-4H3. The lowest BCUT2D eigenvalue weighted by Crippen LogP contribution is -2.18. The molecule has 1 aromatic carbocycles. The maximum Gasteiger partial charge on any atom is 0.126 e. The van der Waals surface area contributed by atoms with Crippen LogP contribution in [-0.2, 0) is 6.54 Å². The number of aliphatic hydroxyl groups is 1. The minimum atomic E-state index is -0.595. The van der Waals surface area contributed by atoms with E-state index in [1.54, 1.807) is 14.0 Å². The van der Waals surface area contributed by atoms with Crippen molar-refractivity contribution in [1.82, 2.24) is 0 Å². The summed E-state index contributed by atoms with van der Waals surface area (Å²) in [6.45, 7) is 4.31. The molecule has 0 aliphatic heterocycles. The zero-order valence-corrected chi connectivity index (χ0v) is 12.4. The molecule has 0 bridgehead atoms. The lowest BCUT2D eigenvalue weighted by Gasteiger charge is -2.24. The smallest absolute Gasteiger partial charge is 0.126 e. The summed E-state index contributed by atoms with van der Waals surface area (Å²) >= 11 is 0. The van der Waals surface area contributed by atoms with Gasteiger partial charge in [-0.25, -0.2) is 0 Å². The largest absolute Gasteiger partial charge is 0.496 e. The maximum atomic E-state index is 10.0. The number of nitrogens with zero attached hydrogens (tertiary/aromatic N) is 1. The monoisotopic (exact) mass is 275 g/mol. The molecule has 0 amide bonds. The molecule has 108 valence electrons.